The molecule has 1 amide bonds. The van der Waals surface area contributed by atoms with Crippen molar-refractivity contribution in [2.75, 3.05) is 35.2 Å². The van der Waals surface area contributed by atoms with E-state index < -0.39 is 0 Å². The standard InChI is InChI=1S/C21H24N6O/c28-21(18-13-20-23-8-4-12-27(20)25-18)24-17-5-6-19(26-10-2-1-3-11-26)15-7-9-22-14-16(15)17/h5-7,9,13-14,23H,1-4,8,10-12H2,(H,24,28). The molecule has 1 aromatic carbocycles. The maximum Gasteiger partial charge on any atom is 0.276 e. The lowest BCUT2D eigenvalue weighted by Gasteiger charge is -2.30. The van der Waals surface area contributed by atoms with E-state index in [1.165, 1.54) is 24.9 Å². The molecule has 3 aromatic rings. The van der Waals surface area contributed by atoms with Crippen LogP contribution in [0.3, 0.4) is 0 Å². The van der Waals surface area contributed by atoms with Crippen molar-refractivity contribution in [2.24, 2.45) is 0 Å². The second kappa shape index (κ2) is 7.14. The normalized spacial score (nSPS) is 16.5. The van der Waals surface area contributed by atoms with Crippen molar-refractivity contribution in [3.8, 4) is 0 Å². The topological polar surface area (TPSA) is 75.1 Å². The minimum absolute atomic E-state index is 0.195. The van der Waals surface area contributed by atoms with Gasteiger partial charge in [0.25, 0.3) is 5.91 Å². The highest BCUT2D eigenvalue weighted by molar-refractivity contribution is 6.10. The average molecular weight is 376 g/mol. The molecule has 7 heteroatoms. The molecule has 0 aliphatic carbocycles. The summed E-state index contributed by atoms with van der Waals surface area (Å²) in [7, 11) is 0. The Bertz CT molecular complexity index is 997. The van der Waals surface area contributed by atoms with Gasteiger partial charge in [0.05, 0.1) is 5.69 Å². The number of anilines is 3. The zero-order valence-electron chi connectivity index (χ0n) is 15.8. The Hall–Kier alpha value is -3.09. The molecule has 5 rings (SSSR count). The van der Waals surface area contributed by atoms with Crippen molar-refractivity contribution in [2.45, 2.75) is 32.2 Å². The summed E-state index contributed by atoms with van der Waals surface area (Å²) in [5, 5.41) is 12.8. The smallest absolute Gasteiger partial charge is 0.276 e. The molecule has 28 heavy (non-hydrogen) atoms. The minimum atomic E-state index is -0.195. The summed E-state index contributed by atoms with van der Waals surface area (Å²) in [6, 6.07) is 7.95. The number of fused-ring (bicyclic) bond motifs is 2. The number of carbonyl (C=O) groups is 1. The van der Waals surface area contributed by atoms with E-state index in [0.29, 0.717) is 5.69 Å². The molecule has 4 heterocycles. The second-order valence-electron chi connectivity index (χ2n) is 7.47. The van der Waals surface area contributed by atoms with Crippen LogP contribution in [0.4, 0.5) is 17.2 Å². The van der Waals surface area contributed by atoms with Crippen LogP contribution in [-0.2, 0) is 6.54 Å². The molecule has 7 nitrogen and oxygen atoms in total. The quantitative estimate of drug-likeness (QED) is 0.732. The molecule has 2 N–H and O–H groups in total. The van der Waals surface area contributed by atoms with Crippen LogP contribution in [0.5, 0.6) is 0 Å². The highest BCUT2D eigenvalue weighted by atomic mass is 16.2. The molecule has 2 aliphatic rings. The SMILES string of the molecule is O=C(Nc1ccc(N2CCCCC2)c2ccncc12)c1cc2n(n1)CCCN2. The van der Waals surface area contributed by atoms with Crippen molar-refractivity contribution in [1.29, 1.82) is 0 Å². The van der Waals surface area contributed by atoms with Gasteiger partial charge in [-0.3, -0.25) is 9.78 Å². The number of piperidine rings is 1. The van der Waals surface area contributed by atoms with E-state index in [4.69, 9.17) is 0 Å². The predicted octanol–water partition coefficient (Wildman–Crippen LogP) is 3.49. The van der Waals surface area contributed by atoms with Crippen LogP contribution in [0.2, 0.25) is 0 Å². The molecular formula is C21H24N6O. The summed E-state index contributed by atoms with van der Waals surface area (Å²) < 4.78 is 1.86. The molecule has 2 aliphatic heterocycles. The Morgan fingerprint density at radius 2 is 1.93 bits per heavy atom. The molecule has 0 atom stereocenters. The zero-order valence-corrected chi connectivity index (χ0v) is 15.8. The molecule has 1 fully saturated rings. The highest BCUT2D eigenvalue weighted by Crippen LogP contribution is 2.33. The van der Waals surface area contributed by atoms with E-state index in [1.807, 2.05) is 35.3 Å². The highest BCUT2D eigenvalue weighted by Gasteiger charge is 2.19. The molecule has 0 radical (unpaired) electrons. The number of amides is 1. The first-order chi connectivity index (χ1) is 13.8. The molecular weight excluding hydrogens is 352 g/mol. The van der Waals surface area contributed by atoms with Crippen molar-refractivity contribution in [3.05, 3.63) is 42.4 Å². The Morgan fingerprint density at radius 1 is 1.04 bits per heavy atom. The van der Waals surface area contributed by atoms with Gasteiger partial charge >= 0.3 is 0 Å². The number of hydrogen-bond donors (Lipinski definition) is 2. The van der Waals surface area contributed by atoms with Gasteiger partial charge < -0.3 is 15.5 Å². The summed E-state index contributed by atoms with van der Waals surface area (Å²) in [6.07, 6.45) is 8.42. The number of rotatable bonds is 3. The van der Waals surface area contributed by atoms with Crippen LogP contribution in [0.1, 0.15) is 36.2 Å². The van der Waals surface area contributed by atoms with Crippen LogP contribution in [0.15, 0.2) is 36.7 Å². The summed E-state index contributed by atoms with van der Waals surface area (Å²) in [6.45, 7) is 3.92. The van der Waals surface area contributed by atoms with Gasteiger partial charge in [0.1, 0.15) is 5.82 Å². The van der Waals surface area contributed by atoms with E-state index in [0.717, 1.165) is 54.9 Å². The van der Waals surface area contributed by atoms with Crippen LogP contribution >= 0.6 is 0 Å². The van der Waals surface area contributed by atoms with Gasteiger partial charge in [-0.2, -0.15) is 5.10 Å². The Labute approximate surface area is 163 Å². The van der Waals surface area contributed by atoms with Gasteiger partial charge in [-0.05, 0) is 43.9 Å². The van der Waals surface area contributed by atoms with Gasteiger partial charge in [0.15, 0.2) is 5.69 Å². The fraction of sp³-hybridized carbons (Fsp3) is 0.381. The number of pyridine rings is 1. The summed E-state index contributed by atoms with van der Waals surface area (Å²) in [5.41, 5.74) is 2.42. The lowest BCUT2D eigenvalue weighted by atomic mass is 10.0. The average Bonchev–Trinajstić information content (AvgIpc) is 3.19. The number of aromatic nitrogens is 3. The van der Waals surface area contributed by atoms with Crippen LogP contribution in [0, 0.1) is 0 Å². The third-order valence-electron chi connectivity index (χ3n) is 5.61. The summed E-state index contributed by atoms with van der Waals surface area (Å²) in [5.74, 6) is 0.711. The van der Waals surface area contributed by atoms with Crippen LogP contribution in [0.25, 0.3) is 10.8 Å². The summed E-state index contributed by atoms with van der Waals surface area (Å²) >= 11 is 0. The maximum absolute atomic E-state index is 12.8. The fourth-order valence-corrected chi connectivity index (χ4v) is 4.17. The van der Waals surface area contributed by atoms with Crippen molar-refractivity contribution >= 4 is 33.9 Å². The van der Waals surface area contributed by atoms with Crippen LogP contribution < -0.4 is 15.5 Å². The van der Waals surface area contributed by atoms with E-state index in [2.05, 4.69) is 31.7 Å². The third kappa shape index (κ3) is 3.06. The van der Waals surface area contributed by atoms with Crippen molar-refractivity contribution in [1.82, 2.24) is 14.8 Å². The first kappa shape index (κ1) is 17.0. The fourth-order valence-electron chi connectivity index (χ4n) is 4.17. The maximum atomic E-state index is 12.8. The molecule has 1 saturated heterocycles. The Morgan fingerprint density at radius 3 is 2.79 bits per heavy atom. The molecule has 2 aromatic heterocycles. The van der Waals surface area contributed by atoms with Gasteiger partial charge in [-0.15, -0.1) is 0 Å². The van der Waals surface area contributed by atoms with Gasteiger partial charge in [-0.1, -0.05) is 0 Å². The van der Waals surface area contributed by atoms with Crippen molar-refractivity contribution in [3.63, 3.8) is 0 Å². The largest absolute Gasteiger partial charge is 0.371 e. The number of benzene rings is 1. The minimum Gasteiger partial charge on any atom is -0.371 e. The molecule has 144 valence electrons. The van der Waals surface area contributed by atoms with E-state index in [9.17, 15) is 4.79 Å². The first-order valence-electron chi connectivity index (χ1n) is 10.0. The van der Waals surface area contributed by atoms with E-state index in [-0.39, 0.29) is 5.91 Å². The number of nitrogens with zero attached hydrogens (tertiary/aromatic N) is 4. The molecule has 0 saturated carbocycles. The summed E-state index contributed by atoms with van der Waals surface area (Å²) in [4.78, 5) is 19.5. The molecule has 0 bridgehead atoms. The number of carbonyl (C=O) groups excluding carboxylic acids is 1. The molecule has 0 unspecified atom stereocenters. The van der Waals surface area contributed by atoms with Gasteiger partial charge in [0.2, 0.25) is 0 Å². The lowest BCUT2D eigenvalue weighted by Crippen LogP contribution is -2.29. The Balaban J connectivity index is 1.46. The third-order valence-corrected chi connectivity index (χ3v) is 5.61. The van der Waals surface area contributed by atoms with E-state index >= 15 is 0 Å². The van der Waals surface area contributed by atoms with Crippen LogP contribution in [-0.4, -0.2) is 40.3 Å². The van der Waals surface area contributed by atoms with Gasteiger partial charge in [0, 0.05) is 61.1 Å². The number of nitrogens with one attached hydrogen (secondary N) is 2. The van der Waals surface area contributed by atoms with E-state index in [1.54, 1.807) is 0 Å². The molecule has 0 spiro atoms. The number of hydrogen-bond acceptors (Lipinski definition) is 5. The monoisotopic (exact) mass is 376 g/mol. The Kier molecular flexibility index (Phi) is 4.35. The lowest BCUT2D eigenvalue weighted by molar-refractivity contribution is 0.102. The van der Waals surface area contributed by atoms with Gasteiger partial charge in [-0.25, -0.2) is 4.68 Å². The second-order valence-corrected chi connectivity index (χ2v) is 7.47. The van der Waals surface area contributed by atoms with Crippen molar-refractivity contribution < 1.29 is 4.79 Å². The predicted molar refractivity (Wildman–Crippen MR) is 111 cm³/mol. The number of aryl methyl sites for hydroxylation is 1. The zero-order chi connectivity index (χ0) is 18.9. The first-order valence-corrected chi connectivity index (χ1v) is 10.0.